The van der Waals surface area contributed by atoms with Crippen molar-refractivity contribution in [3.05, 3.63) is 34.4 Å². The Kier molecular flexibility index (Phi) is 2.82. The summed E-state index contributed by atoms with van der Waals surface area (Å²) in [5, 5.41) is 10.5. The van der Waals surface area contributed by atoms with E-state index >= 15 is 0 Å². The predicted molar refractivity (Wildman–Crippen MR) is 52.9 cm³/mol. The first-order valence-corrected chi connectivity index (χ1v) is 4.74. The second kappa shape index (κ2) is 4.27. The Morgan fingerprint density at radius 2 is 2.40 bits per heavy atom. The van der Waals surface area contributed by atoms with Crippen LogP contribution in [0.25, 0.3) is 0 Å². The summed E-state index contributed by atoms with van der Waals surface area (Å²) in [6, 6.07) is 6.20. The first-order chi connectivity index (χ1) is 7.25. The molecule has 1 aromatic carbocycles. The van der Waals surface area contributed by atoms with Crippen LogP contribution >= 0.6 is 0 Å². The van der Waals surface area contributed by atoms with Crippen LogP contribution in [0.15, 0.2) is 24.3 Å². The number of non-ortho nitro benzene ring substituents is 1. The molecule has 1 saturated heterocycles. The van der Waals surface area contributed by atoms with Gasteiger partial charge in [0.15, 0.2) is 0 Å². The summed E-state index contributed by atoms with van der Waals surface area (Å²) in [6.07, 6.45) is 0.856. The number of hydrogen-bond acceptors (Lipinski definition) is 4. The van der Waals surface area contributed by atoms with Gasteiger partial charge >= 0.3 is 0 Å². The highest BCUT2D eigenvalue weighted by atomic mass is 16.6. The normalized spacial score (nSPS) is 20.1. The van der Waals surface area contributed by atoms with Crippen molar-refractivity contribution in [3.63, 3.8) is 0 Å². The Morgan fingerprint density at radius 3 is 3.07 bits per heavy atom. The Hall–Kier alpha value is -1.62. The lowest BCUT2D eigenvalue weighted by Gasteiger charge is -2.10. The summed E-state index contributed by atoms with van der Waals surface area (Å²) in [5.74, 6) is 0.528. The first kappa shape index (κ1) is 9.92. The van der Waals surface area contributed by atoms with Gasteiger partial charge < -0.3 is 9.47 Å². The average molecular weight is 209 g/mol. The quantitative estimate of drug-likeness (QED) is 0.562. The molecule has 1 atom stereocenters. The Bertz CT molecular complexity index is 360. The van der Waals surface area contributed by atoms with E-state index in [0.29, 0.717) is 19.0 Å². The van der Waals surface area contributed by atoms with E-state index in [9.17, 15) is 10.1 Å². The van der Waals surface area contributed by atoms with Crippen molar-refractivity contribution in [1.82, 2.24) is 0 Å². The zero-order valence-electron chi connectivity index (χ0n) is 8.09. The number of rotatable bonds is 3. The summed E-state index contributed by atoms with van der Waals surface area (Å²) < 4.78 is 10.7. The molecule has 1 aliphatic rings. The molecule has 2 rings (SSSR count). The van der Waals surface area contributed by atoms with E-state index in [1.807, 2.05) is 0 Å². The zero-order valence-corrected chi connectivity index (χ0v) is 8.09. The molecule has 0 bridgehead atoms. The molecule has 0 N–H and O–H groups in total. The van der Waals surface area contributed by atoms with Crippen LogP contribution < -0.4 is 4.74 Å². The van der Waals surface area contributed by atoms with E-state index in [2.05, 4.69) is 0 Å². The van der Waals surface area contributed by atoms with Crippen LogP contribution in [0.5, 0.6) is 5.75 Å². The van der Waals surface area contributed by atoms with Crippen LogP contribution in [0.2, 0.25) is 0 Å². The molecule has 80 valence electrons. The molecular formula is C10H11NO4. The minimum absolute atomic E-state index is 0.0204. The maximum absolute atomic E-state index is 10.5. The highest BCUT2D eigenvalue weighted by molar-refractivity contribution is 5.38. The summed E-state index contributed by atoms with van der Waals surface area (Å²) in [5.41, 5.74) is 0.0476. The van der Waals surface area contributed by atoms with E-state index in [-0.39, 0.29) is 11.8 Å². The van der Waals surface area contributed by atoms with Crippen molar-refractivity contribution in [2.75, 3.05) is 13.2 Å². The number of nitro groups is 1. The predicted octanol–water partition coefficient (Wildman–Crippen LogP) is 1.76. The minimum Gasteiger partial charge on any atom is -0.488 e. The van der Waals surface area contributed by atoms with Crippen molar-refractivity contribution in [1.29, 1.82) is 0 Å². The largest absolute Gasteiger partial charge is 0.488 e. The van der Waals surface area contributed by atoms with Gasteiger partial charge in [-0.05, 0) is 6.07 Å². The number of benzene rings is 1. The summed E-state index contributed by atoms with van der Waals surface area (Å²) in [6.45, 7) is 1.25. The molecule has 0 amide bonds. The van der Waals surface area contributed by atoms with Crippen LogP contribution in [-0.2, 0) is 4.74 Å². The molecule has 0 aliphatic carbocycles. The second-order valence-corrected chi connectivity index (χ2v) is 3.36. The summed E-state index contributed by atoms with van der Waals surface area (Å²) in [4.78, 5) is 10.1. The van der Waals surface area contributed by atoms with Gasteiger partial charge in [0, 0.05) is 12.5 Å². The lowest BCUT2D eigenvalue weighted by atomic mass is 10.3. The molecule has 1 aliphatic heterocycles. The Morgan fingerprint density at radius 1 is 1.53 bits per heavy atom. The third-order valence-electron chi connectivity index (χ3n) is 2.22. The molecule has 1 heterocycles. The van der Waals surface area contributed by atoms with Gasteiger partial charge in [-0.1, -0.05) is 6.07 Å². The standard InChI is InChI=1S/C10H11NO4/c12-11(13)8-2-1-3-9(6-8)15-10-4-5-14-7-10/h1-3,6,10H,4-5,7H2. The number of ether oxygens (including phenoxy) is 2. The third kappa shape index (κ3) is 2.44. The topological polar surface area (TPSA) is 61.6 Å². The molecule has 0 aromatic heterocycles. The van der Waals surface area contributed by atoms with E-state index in [4.69, 9.17) is 9.47 Å². The number of hydrogen-bond donors (Lipinski definition) is 0. The summed E-state index contributed by atoms with van der Waals surface area (Å²) in [7, 11) is 0. The van der Waals surface area contributed by atoms with E-state index in [0.717, 1.165) is 6.42 Å². The highest BCUT2D eigenvalue weighted by Crippen LogP contribution is 2.21. The van der Waals surface area contributed by atoms with Gasteiger partial charge in [0.05, 0.1) is 24.2 Å². The van der Waals surface area contributed by atoms with Crippen LogP contribution in [0, 0.1) is 10.1 Å². The maximum Gasteiger partial charge on any atom is 0.273 e. The van der Waals surface area contributed by atoms with E-state index in [1.165, 1.54) is 12.1 Å². The fourth-order valence-corrected chi connectivity index (χ4v) is 1.47. The third-order valence-corrected chi connectivity index (χ3v) is 2.22. The minimum atomic E-state index is -0.433. The Balaban J connectivity index is 2.07. The smallest absolute Gasteiger partial charge is 0.273 e. The lowest BCUT2D eigenvalue weighted by molar-refractivity contribution is -0.384. The maximum atomic E-state index is 10.5. The van der Waals surface area contributed by atoms with Gasteiger partial charge in [-0.25, -0.2) is 0 Å². The monoisotopic (exact) mass is 209 g/mol. The molecule has 15 heavy (non-hydrogen) atoms. The van der Waals surface area contributed by atoms with Crippen LogP contribution in [0.3, 0.4) is 0 Å². The van der Waals surface area contributed by atoms with Crippen molar-refractivity contribution in [2.24, 2.45) is 0 Å². The van der Waals surface area contributed by atoms with Crippen LogP contribution in [0.4, 0.5) is 5.69 Å². The van der Waals surface area contributed by atoms with Crippen LogP contribution in [0.1, 0.15) is 6.42 Å². The SMILES string of the molecule is O=[N+]([O-])c1cccc(OC2CCOC2)c1. The second-order valence-electron chi connectivity index (χ2n) is 3.36. The van der Waals surface area contributed by atoms with Gasteiger partial charge in [-0.3, -0.25) is 10.1 Å². The average Bonchev–Trinajstić information content (AvgIpc) is 2.71. The van der Waals surface area contributed by atoms with Crippen molar-refractivity contribution in [3.8, 4) is 5.75 Å². The van der Waals surface area contributed by atoms with Crippen LogP contribution in [-0.4, -0.2) is 24.2 Å². The number of nitro benzene ring substituents is 1. The number of nitrogens with zero attached hydrogens (tertiary/aromatic N) is 1. The molecule has 0 radical (unpaired) electrons. The van der Waals surface area contributed by atoms with Crippen molar-refractivity contribution in [2.45, 2.75) is 12.5 Å². The molecule has 1 aromatic rings. The first-order valence-electron chi connectivity index (χ1n) is 4.74. The molecule has 5 heteroatoms. The van der Waals surface area contributed by atoms with E-state index < -0.39 is 4.92 Å². The Labute approximate surface area is 86.8 Å². The lowest BCUT2D eigenvalue weighted by Crippen LogP contribution is -2.15. The van der Waals surface area contributed by atoms with Gasteiger partial charge in [0.1, 0.15) is 11.9 Å². The van der Waals surface area contributed by atoms with Gasteiger partial charge in [-0.2, -0.15) is 0 Å². The highest BCUT2D eigenvalue weighted by Gasteiger charge is 2.17. The molecule has 1 unspecified atom stereocenters. The zero-order chi connectivity index (χ0) is 10.7. The van der Waals surface area contributed by atoms with Gasteiger partial charge in [0.25, 0.3) is 5.69 Å². The van der Waals surface area contributed by atoms with Gasteiger partial charge in [0.2, 0.25) is 0 Å². The van der Waals surface area contributed by atoms with Crippen molar-refractivity contribution >= 4 is 5.69 Å². The molecule has 0 saturated carbocycles. The molecular weight excluding hydrogens is 198 g/mol. The van der Waals surface area contributed by atoms with E-state index in [1.54, 1.807) is 12.1 Å². The fourth-order valence-electron chi connectivity index (χ4n) is 1.47. The fraction of sp³-hybridized carbons (Fsp3) is 0.400. The van der Waals surface area contributed by atoms with Gasteiger partial charge in [-0.15, -0.1) is 0 Å². The van der Waals surface area contributed by atoms with Crippen molar-refractivity contribution < 1.29 is 14.4 Å². The molecule has 1 fully saturated rings. The summed E-state index contributed by atoms with van der Waals surface area (Å²) >= 11 is 0. The molecule has 5 nitrogen and oxygen atoms in total. The molecule has 0 spiro atoms.